The third-order valence-electron chi connectivity index (χ3n) is 9.92. The molecule has 0 atom stereocenters. The predicted octanol–water partition coefficient (Wildman–Crippen LogP) is 11.4. The molecule has 0 saturated carbocycles. The second-order valence-corrected chi connectivity index (χ2v) is 13.3. The van der Waals surface area contributed by atoms with E-state index in [1.54, 1.807) is 0 Å². The molecule has 3 heterocycles. The third-order valence-corrected chi connectivity index (χ3v) is 9.92. The van der Waals surface area contributed by atoms with Gasteiger partial charge >= 0.3 is 0 Å². The van der Waals surface area contributed by atoms with Crippen LogP contribution in [0.2, 0.25) is 0 Å². The van der Waals surface area contributed by atoms with Crippen molar-refractivity contribution in [2.45, 2.75) is 13.8 Å². The lowest BCUT2D eigenvalue weighted by Gasteiger charge is -2.16. The summed E-state index contributed by atoms with van der Waals surface area (Å²) in [5.41, 5.74) is 14.0. The molecule has 0 N–H and O–H groups in total. The number of aryl methyl sites for hydroxylation is 2. The number of para-hydroxylation sites is 6. The van der Waals surface area contributed by atoms with Gasteiger partial charge in [0.15, 0.2) is 0 Å². The fourth-order valence-corrected chi connectivity index (χ4v) is 7.64. The van der Waals surface area contributed by atoms with Gasteiger partial charge < -0.3 is 4.57 Å². The monoisotopic (exact) mass is 655 g/mol. The Morgan fingerprint density at radius 3 is 1.25 bits per heavy atom. The Balaban J connectivity index is 1.34. The standard InChI is InChI=1S/C46H33N5/c1-30-21-23-41-37(25-30)38-26-31(2)22-24-42(38)49(41)36-28-32(45-47-39-17-9-11-19-43(39)50(45)34-13-5-3-6-14-34)27-33(29-36)46-48-40-18-10-12-20-44(40)51(46)35-15-7-4-8-16-35/h3-29H,1-2H3. The highest BCUT2D eigenvalue weighted by Crippen LogP contribution is 2.39. The van der Waals surface area contributed by atoms with Crippen LogP contribution >= 0.6 is 0 Å². The van der Waals surface area contributed by atoms with E-state index >= 15 is 0 Å². The molecule has 0 amide bonds. The largest absolute Gasteiger partial charge is 0.309 e. The zero-order chi connectivity index (χ0) is 34.1. The summed E-state index contributed by atoms with van der Waals surface area (Å²) in [4.78, 5) is 10.6. The minimum Gasteiger partial charge on any atom is -0.309 e. The van der Waals surface area contributed by atoms with Gasteiger partial charge in [-0.2, -0.15) is 0 Å². The van der Waals surface area contributed by atoms with E-state index in [-0.39, 0.29) is 0 Å². The van der Waals surface area contributed by atoms with E-state index in [0.29, 0.717) is 0 Å². The number of rotatable bonds is 5. The van der Waals surface area contributed by atoms with Crippen LogP contribution in [-0.4, -0.2) is 23.7 Å². The second kappa shape index (κ2) is 11.4. The topological polar surface area (TPSA) is 40.6 Å². The number of hydrogen-bond donors (Lipinski definition) is 0. The van der Waals surface area contributed by atoms with Crippen LogP contribution in [-0.2, 0) is 0 Å². The normalized spacial score (nSPS) is 11.7. The molecule has 10 rings (SSSR count). The summed E-state index contributed by atoms with van der Waals surface area (Å²) in [6, 6.07) is 58.2. The van der Waals surface area contributed by atoms with Crippen molar-refractivity contribution < 1.29 is 0 Å². The fourth-order valence-electron chi connectivity index (χ4n) is 7.64. The first kappa shape index (κ1) is 29.2. The van der Waals surface area contributed by atoms with Crippen LogP contribution in [0.3, 0.4) is 0 Å². The van der Waals surface area contributed by atoms with Gasteiger partial charge in [0.1, 0.15) is 11.6 Å². The zero-order valence-electron chi connectivity index (χ0n) is 28.3. The fraction of sp³-hybridized carbons (Fsp3) is 0.0435. The lowest BCUT2D eigenvalue weighted by Crippen LogP contribution is -2.02. The average Bonchev–Trinajstić information content (AvgIpc) is 3.85. The molecule has 0 saturated heterocycles. The Morgan fingerprint density at radius 2 is 0.784 bits per heavy atom. The molecule has 5 heteroatoms. The van der Waals surface area contributed by atoms with Gasteiger partial charge in [-0.05, 0) is 105 Å². The maximum Gasteiger partial charge on any atom is 0.145 e. The Labute approximate surface area is 295 Å². The molecular formula is C46H33N5. The van der Waals surface area contributed by atoms with Gasteiger partial charge in [-0.1, -0.05) is 83.9 Å². The zero-order valence-corrected chi connectivity index (χ0v) is 28.3. The highest BCUT2D eigenvalue weighted by atomic mass is 15.1. The van der Waals surface area contributed by atoms with Crippen molar-refractivity contribution in [1.82, 2.24) is 23.7 Å². The van der Waals surface area contributed by atoms with Crippen molar-refractivity contribution >= 4 is 43.9 Å². The molecule has 0 aliphatic rings. The van der Waals surface area contributed by atoms with Crippen LogP contribution in [0.1, 0.15) is 11.1 Å². The van der Waals surface area contributed by atoms with Crippen LogP contribution < -0.4 is 0 Å². The molecule has 0 bridgehead atoms. The average molecular weight is 656 g/mol. The number of fused-ring (bicyclic) bond motifs is 5. The first-order chi connectivity index (χ1) is 25.1. The summed E-state index contributed by atoms with van der Waals surface area (Å²) in [6.07, 6.45) is 0. The lowest BCUT2D eigenvalue weighted by atomic mass is 10.1. The molecule has 0 aliphatic heterocycles. The Hall–Kier alpha value is -6.72. The molecule has 0 aliphatic carbocycles. The molecule has 7 aromatic carbocycles. The van der Waals surface area contributed by atoms with Crippen LogP contribution in [0.4, 0.5) is 0 Å². The lowest BCUT2D eigenvalue weighted by molar-refractivity contribution is 1.09. The van der Waals surface area contributed by atoms with Gasteiger partial charge in [0.05, 0.1) is 33.1 Å². The van der Waals surface area contributed by atoms with Crippen molar-refractivity contribution in [3.8, 4) is 39.8 Å². The summed E-state index contributed by atoms with van der Waals surface area (Å²) in [5.74, 6) is 1.75. The summed E-state index contributed by atoms with van der Waals surface area (Å²) in [7, 11) is 0. The number of nitrogens with zero attached hydrogens (tertiary/aromatic N) is 5. The van der Waals surface area contributed by atoms with Gasteiger partial charge in [-0.3, -0.25) is 9.13 Å². The minimum absolute atomic E-state index is 0.875. The Morgan fingerprint density at radius 1 is 0.353 bits per heavy atom. The molecule has 0 spiro atoms. The quantitative estimate of drug-likeness (QED) is 0.185. The highest BCUT2D eigenvalue weighted by molar-refractivity contribution is 6.10. The Kier molecular flexibility index (Phi) is 6.55. The van der Waals surface area contributed by atoms with E-state index in [1.807, 2.05) is 0 Å². The van der Waals surface area contributed by atoms with E-state index in [2.05, 4.69) is 191 Å². The van der Waals surface area contributed by atoms with E-state index in [4.69, 9.17) is 9.97 Å². The maximum atomic E-state index is 5.31. The van der Waals surface area contributed by atoms with E-state index < -0.39 is 0 Å². The number of benzene rings is 7. The van der Waals surface area contributed by atoms with E-state index in [1.165, 1.54) is 21.9 Å². The third kappa shape index (κ3) is 4.70. The molecule has 10 aromatic rings. The van der Waals surface area contributed by atoms with Crippen molar-refractivity contribution in [3.05, 3.63) is 175 Å². The summed E-state index contributed by atoms with van der Waals surface area (Å²) in [6.45, 7) is 4.33. The predicted molar refractivity (Wildman–Crippen MR) is 210 cm³/mol. The van der Waals surface area contributed by atoms with E-state index in [0.717, 1.165) is 72.9 Å². The maximum absolute atomic E-state index is 5.31. The minimum atomic E-state index is 0.875. The van der Waals surface area contributed by atoms with Crippen molar-refractivity contribution in [2.24, 2.45) is 0 Å². The molecule has 242 valence electrons. The van der Waals surface area contributed by atoms with Crippen LogP contribution in [0.15, 0.2) is 164 Å². The Bertz CT molecular complexity index is 2730. The van der Waals surface area contributed by atoms with Gasteiger partial charge in [0.2, 0.25) is 0 Å². The van der Waals surface area contributed by atoms with Crippen molar-refractivity contribution in [2.75, 3.05) is 0 Å². The van der Waals surface area contributed by atoms with Gasteiger partial charge in [-0.15, -0.1) is 0 Å². The molecule has 0 radical (unpaired) electrons. The summed E-state index contributed by atoms with van der Waals surface area (Å²) < 4.78 is 6.95. The van der Waals surface area contributed by atoms with Crippen LogP contribution in [0, 0.1) is 13.8 Å². The molecule has 3 aromatic heterocycles. The molecular weight excluding hydrogens is 623 g/mol. The van der Waals surface area contributed by atoms with Gasteiger partial charge in [0, 0.05) is 39.0 Å². The van der Waals surface area contributed by atoms with Gasteiger partial charge in [0.25, 0.3) is 0 Å². The van der Waals surface area contributed by atoms with E-state index in [9.17, 15) is 0 Å². The highest BCUT2D eigenvalue weighted by Gasteiger charge is 2.21. The summed E-state index contributed by atoms with van der Waals surface area (Å²) >= 11 is 0. The van der Waals surface area contributed by atoms with Crippen molar-refractivity contribution in [3.63, 3.8) is 0 Å². The van der Waals surface area contributed by atoms with Crippen molar-refractivity contribution in [1.29, 1.82) is 0 Å². The number of imidazole rings is 2. The second-order valence-electron chi connectivity index (χ2n) is 13.3. The van der Waals surface area contributed by atoms with Crippen LogP contribution in [0.25, 0.3) is 83.7 Å². The summed E-state index contributed by atoms with van der Waals surface area (Å²) in [5, 5.41) is 2.49. The smallest absolute Gasteiger partial charge is 0.145 e. The SMILES string of the molecule is Cc1ccc2c(c1)c1cc(C)ccc1n2-c1cc(-c2nc3ccccc3n2-c2ccccc2)cc(-c2nc3ccccc3n2-c2ccccc2)c1. The molecule has 0 unspecified atom stereocenters. The van der Waals surface area contributed by atoms with Crippen LogP contribution in [0.5, 0.6) is 0 Å². The molecule has 5 nitrogen and oxygen atoms in total. The molecule has 0 fully saturated rings. The number of hydrogen-bond acceptors (Lipinski definition) is 2. The van der Waals surface area contributed by atoms with Gasteiger partial charge in [-0.25, -0.2) is 9.97 Å². The first-order valence-corrected chi connectivity index (χ1v) is 17.3. The first-order valence-electron chi connectivity index (χ1n) is 17.3. The molecule has 51 heavy (non-hydrogen) atoms. The number of aromatic nitrogens is 5.